The highest BCUT2D eigenvalue weighted by Gasteiger charge is 2.44. The molecular formula is C33H30F3N5O4. The van der Waals surface area contributed by atoms with E-state index in [2.05, 4.69) is 15.4 Å². The van der Waals surface area contributed by atoms with E-state index < -0.39 is 41.3 Å². The number of nitrogens with one attached hydrogen (secondary N) is 1. The summed E-state index contributed by atoms with van der Waals surface area (Å²) in [5, 5.41) is 7.44. The molecule has 2 aliphatic carbocycles. The molecule has 2 heterocycles. The number of ether oxygens (including phenoxy) is 1. The van der Waals surface area contributed by atoms with Crippen molar-refractivity contribution < 1.29 is 32.3 Å². The van der Waals surface area contributed by atoms with E-state index >= 15 is 0 Å². The fraction of sp³-hybridized carbons (Fsp3) is 0.303. The molecule has 9 nitrogen and oxygen atoms in total. The first kappa shape index (κ1) is 30.0. The fourth-order valence-corrected chi connectivity index (χ4v) is 6.66. The highest BCUT2D eigenvalue weighted by atomic mass is 19.1. The van der Waals surface area contributed by atoms with Gasteiger partial charge < -0.3 is 15.8 Å². The van der Waals surface area contributed by atoms with Crippen molar-refractivity contribution in [2.24, 2.45) is 5.73 Å². The number of hydrogen-bond donors (Lipinski definition) is 2. The van der Waals surface area contributed by atoms with Crippen LogP contribution in [-0.4, -0.2) is 39.2 Å². The van der Waals surface area contributed by atoms with E-state index in [0.717, 1.165) is 54.8 Å². The van der Waals surface area contributed by atoms with Gasteiger partial charge >= 0.3 is 5.97 Å². The highest BCUT2D eigenvalue weighted by molar-refractivity contribution is 5.94. The van der Waals surface area contributed by atoms with Crippen molar-refractivity contribution >= 4 is 17.8 Å². The van der Waals surface area contributed by atoms with Crippen LogP contribution in [0.5, 0.6) is 0 Å². The van der Waals surface area contributed by atoms with E-state index in [-0.39, 0.29) is 48.2 Å². The zero-order valence-electron chi connectivity index (χ0n) is 24.4. The Morgan fingerprint density at radius 2 is 1.82 bits per heavy atom. The van der Waals surface area contributed by atoms with Gasteiger partial charge in [0.1, 0.15) is 24.0 Å². The van der Waals surface area contributed by atoms with Crippen LogP contribution in [0.2, 0.25) is 0 Å². The largest absolute Gasteiger partial charge is 0.461 e. The summed E-state index contributed by atoms with van der Waals surface area (Å²) < 4.78 is 49.5. The summed E-state index contributed by atoms with van der Waals surface area (Å²) in [5.74, 6) is -3.95. The molecule has 12 heteroatoms. The predicted octanol–water partition coefficient (Wildman–Crippen LogP) is 5.10. The minimum absolute atomic E-state index is 0.0513. The second-order valence-corrected chi connectivity index (χ2v) is 11.3. The number of halogens is 3. The quantitative estimate of drug-likeness (QED) is 0.238. The van der Waals surface area contributed by atoms with Crippen LogP contribution in [0.15, 0.2) is 54.7 Å². The summed E-state index contributed by atoms with van der Waals surface area (Å²) in [6.45, 7) is 1.69. The topological polar surface area (TPSA) is 129 Å². The van der Waals surface area contributed by atoms with Gasteiger partial charge in [-0.1, -0.05) is 12.1 Å². The van der Waals surface area contributed by atoms with Crippen LogP contribution >= 0.6 is 0 Å². The Bertz CT molecular complexity index is 1800. The molecule has 1 fully saturated rings. The second-order valence-electron chi connectivity index (χ2n) is 11.3. The summed E-state index contributed by atoms with van der Waals surface area (Å²) in [7, 11) is 0. The molecule has 2 bridgehead atoms. The molecule has 3 atom stereocenters. The van der Waals surface area contributed by atoms with Gasteiger partial charge in [-0.3, -0.25) is 19.3 Å². The minimum Gasteiger partial charge on any atom is -0.461 e. The van der Waals surface area contributed by atoms with E-state index in [9.17, 15) is 27.6 Å². The average Bonchev–Trinajstić information content (AvgIpc) is 3.71. The third kappa shape index (κ3) is 5.92. The maximum absolute atomic E-state index is 14.3. The molecule has 232 valence electrons. The third-order valence-corrected chi connectivity index (χ3v) is 8.43. The lowest BCUT2D eigenvalue weighted by Gasteiger charge is -2.22. The highest BCUT2D eigenvalue weighted by Crippen LogP contribution is 2.54. The van der Waals surface area contributed by atoms with Crippen LogP contribution in [0.4, 0.5) is 13.2 Å². The van der Waals surface area contributed by atoms with Crippen molar-refractivity contribution in [1.29, 1.82) is 0 Å². The first-order valence-corrected chi connectivity index (χ1v) is 14.7. The molecule has 2 unspecified atom stereocenters. The normalized spacial score (nSPS) is 17.2. The molecule has 6 rings (SSSR count). The van der Waals surface area contributed by atoms with Gasteiger partial charge in [0.2, 0.25) is 5.91 Å². The maximum Gasteiger partial charge on any atom is 0.359 e. The van der Waals surface area contributed by atoms with Crippen LogP contribution in [0.1, 0.15) is 87.4 Å². The molecule has 2 aromatic carbocycles. The lowest BCUT2D eigenvalue weighted by atomic mass is 9.94. The maximum atomic E-state index is 14.3. The number of rotatable bonds is 10. The van der Waals surface area contributed by atoms with E-state index in [0.29, 0.717) is 16.8 Å². The van der Waals surface area contributed by atoms with Gasteiger partial charge in [-0.2, -0.15) is 5.10 Å². The molecular weight excluding hydrogens is 587 g/mol. The van der Waals surface area contributed by atoms with Gasteiger partial charge in [0.05, 0.1) is 23.9 Å². The molecule has 1 saturated carbocycles. The number of carbonyl (C=O) groups excluding carboxylic acids is 3. The van der Waals surface area contributed by atoms with Crippen molar-refractivity contribution in [1.82, 2.24) is 20.1 Å². The second kappa shape index (κ2) is 12.2. The molecule has 2 aliphatic rings. The van der Waals surface area contributed by atoms with Crippen LogP contribution in [0.3, 0.4) is 0 Å². The van der Waals surface area contributed by atoms with E-state index in [1.54, 1.807) is 23.7 Å². The first-order chi connectivity index (χ1) is 21.6. The van der Waals surface area contributed by atoms with Crippen molar-refractivity contribution in [2.45, 2.75) is 57.0 Å². The first-order valence-electron chi connectivity index (χ1n) is 14.7. The van der Waals surface area contributed by atoms with Gasteiger partial charge in [0, 0.05) is 35.0 Å². The summed E-state index contributed by atoms with van der Waals surface area (Å²) in [6, 6.07) is 9.31. The van der Waals surface area contributed by atoms with Gasteiger partial charge in [-0.15, -0.1) is 0 Å². The fourth-order valence-electron chi connectivity index (χ4n) is 6.66. The number of nitrogens with zero attached hydrogens (tertiary/aromatic N) is 3. The molecule has 3 N–H and O–H groups in total. The third-order valence-electron chi connectivity index (χ3n) is 8.43. The Morgan fingerprint density at radius 1 is 1.07 bits per heavy atom. The number of esters is 1. The summed E-state index contributed by atoms with van der Waals surface area (Å²) in [6.07, 6.45) is 4.20. The van der Waals surface area contributed by atoms with Gasteiger partial charge in [0.15, 0.2) is 5.69 Å². The van der Waals surface area contributed by atoms with Crippen molar-refractivity contribution in [3.63, 3.8) is 0 Å². The molecule has 4 aromatic rings. The molecule has 2 amide bonds. The zero-order valence-corrected chi connectivity index (χ0v) is 24.4. The number of carbonyl (C=O) groups is 3. The Hall–Kier alpha value is -5.00. The monoisotopic (exact) mass is 617 g/mol. The number of fused-ring (bicyclic) bond motifs is 5. The molecule has 0 saturated heterocycles. The van der Waals surface area contributed by atoms with Crippen molar-refractivity contribution in [2.75, 3.05) is 6.61 Å². The number of amides is 2. The SMILES string of the molecule is CCOC(=O)c1nn(CC(=O)N[C@@H](Cc2cc(F)cc(F)c2)c2ncccc2-c2ccc(F)c(C(N)=O)c2)c2c1C1CCC2C1. The van der Waals surface area contributed by atoms with E-state index in [4.69, 9.17) is 10.5 Å². The summed E-state index contributed by atoms with van der Waals surface area (Å²) in [4.78, 5) is 42.8. The van der Waals surface area contributed by atoms with Crippen LogP contribution in [-0.2, 0) is 22.5 Å². The lowest BCUT2D eigenvalue weighted by molar-refractivity contribution is -0.122. The Balaban J connectivity index is 1.36. The zero-order chi connectivity index (χ0) is 31.8. The standard InChI is InChI=1S/C33H30F3N5O4/c1-2-45-33(44)30-28-19-5-6-20(13-19)31(28)41(40-30)16-27(42)39-26(12-17-10-21(34)15-22(35)11-17)29-23(4-3-9-38-29)18-7-8-25(36)24(14-18)32(37)43/h3-4,7-11,14-15,19-20,26H,2,5-6,12-13,16H2,1H3,(H2,37,43)(H,39,42)/t19?,20?,26-/m0/s1. The molecule has 2 aromatic heterocycles. The van der Waals surface area contributed by atoms with Crippen LogP contribution in [0, 0.1) is 17.5 Å². The van der Waals surface area contributed by atoms with Crippen molar-refractivity contribution in [3.8, 4) is 11.1 Å². The number of nitrogens with two attached hydrogens (primary N) is 1. The Morgan fingerprint density at radius 3 is 2.56 bits per heavy atom. The van der Waals surface area contributed by atoms with Crippen molar-refractivity contribution in [3.05, 3.63) is 106 Å². The van der Waals surface area contributed by atoms with Gasteiger partial charge in [-0.05, 0) is 80.0 Å². The van der Waals surface area contributed by atoms with Crippen LogP contribution < -0.4 is 11.1 Å². The number of pyridine rings is 1. The molecule has 0 aliphatic heterocycles. The predicted molar refractivity (Wildman–Crippen MR) is 157 cm³/mol. The number of aromatic nitrogens is 3. The minimum atomic E-state index is -0.956. The number of hydrogen-bond acceptors (Lipinski definition) is 6. The summed E-state index contributed by atoms with van der Waals surface area (Å²) >= 11 is 0. The molecule has 45 heavy (non-hydrogen) atoms. The molecule has 0 spiro atoms. The Kier molecular flexibility index (Phi) is 8.13. The molecule has 0 radical (unpaired) electrons. The van der Waals surface area contributed by atoms with Gasteiger partial charge in [0.25, 0.3) is 5.91 Å². The number of primary amides is 1. The summed E-state index contributed by atoms with van der Waals surface area (Å²) in [5.41, 5.74) is 8.40. The lowest BCUT2D eigenvalue weighted by Crippen LogP contribution is -2.34. The Labute approximate surface area is 256 Å². The van der Waals surface area contributed by atoms with E-state index in [1.807, 2.05) is 0 Å². The average molecular weight is 618 g/mol. The smallest absolute Gasteiger partial charge is 0.359 e. The van der Waals surface area contributed by atoms with E-state index in [1.165, 1.54) is 18.3 Å². The number of benzene rings is 2. The van der Waals surface area contributed by atoms with Crippen LogP contribution in [0.25, 0.3) is 11.1 Å². The van der Waals surface area contributed by atoms with Gasteiger partial charge in [-0.25, -0.2) is 18.0 Å².